The lowest BCUT2D eigenvalue weighted by molar-refractivity contribution is -0.125. The maximum Gasteiger partial charge on any atom is 0.249 e. The highest BCUT2D eigenvalue weighted by Gasteiger charge is 2.33. The number of benzene rings is 1. The number of carbonyl (C=O) groups is 2. The Kier molecular flexibility index (Phi) is 4.10. The predicted octanol–water partition coefficient (Wildman–Crippen LogP) is 2.52. The van der Waals surface area contributed by atoms with Gasteiger partial charge >= 0.3 is 0 Å². The molecule has 0 bridgehead atoms. The number of nitrogens with one attached hydrogen (secondary N) is 2. The van der Waals surface area contributed by atoms with Gasteiger partial charge in [0.2, 0.25) is 17.8 Å². The molecule has 1 aliphatic rings. The number of aromatic nitrogens is 4. The highest BCUT2D eigenvalue weighted by atomic mass is 35.5. The Balaban J connectivity index is 1.66. The molecule has 0 spiro atoms. The number of carbonyl (C=O) groups excluding carboxylic acids is 2. The minimum Gasteiger partial charge on any atom is -0.323 e. The van der Waals surface area contributed by atoms with Crippen LogP contribution < -0.4 is 10.6 Å². The summed E-state index contributed by atoms with van der Waals surface area (Å²) in [6, 6.07) is 9.62. The van der Waals surface area contributed by atoms with E-state index in [1.807, 2.05) is 0 Å². The molecule has 0 radical (unpaired) electrons. The summed E-state index contributed by atoms with van der Waals surface area (Å²) in [6.45, 7) is 0. The number of hydrogen-bond donors (Lipinski definition) is 2. The van der Waals surface area contributed by atoms with Crippen molar-refractivity contribution in [3.05, 3.63) is 53.8 Å². The fourth-order valence-corrected chi connectivity index (χ4v) is 2.85. The highest BCUT2D eigenvalue weighted by molar-refractivity contribution is 6.33. The van der Waals surface area contributed by atoms with Crippen LogP contribution in [0.15, 0.2) is 48.8 Å². The standard InChI is InChI=1S/C17H13ClN6O2/c18-11-5-1-2-6-12(11)20-16(26)13-8-14(25)21-17-22-15(23-24(13)17)10-4-3-7-19-9-10/h1-7,9,13H,8H2,(H,20,26)(H,21,22,23,25). The molecule has 26 heavy (non-hydrogen) atoms. The van der Waals surface area contributed by atoms with Crippen LogP contribution in [-0.2, 0) is 9.59 Å². The number of anilines is 2. The first-order valence-electron chi connectivity index (χ1n) is 7.84. The predicted molar refractivity (Wildman–Crippen MR) is 95.6 cm³/mol. The average molecular weight is 369 g/mol. The Bertz CT molecular complexity index is 988. The third-order valence-corrected chi connectivity index (χ3v) is 4.24. The number of amides is 2. The second-order valence-electron chi connectivity index (χ2n) is 5.68. The number of para-hydroxylation sites is 1. The van der Waals surface area contributed by atoms with E-state index in [4.69, 9.17) is 11.6 Å². The Morgan fingerprint density at radius 2 is 2.12 bits per heavy atom. The maximum absolute atomic E-state index is 12.7. The van der Waals surface area contributed by atoms with Crippen LogP contribution in [0.25, 0.3) is 11.4 Å². The molecule has 0 saturated carbocycles. The summed E-state index contributed by atoms with van der Waals surface area (Å²) in [7, 11) is 0. The molecule has 2 N–H and O–H groups in total. The quantitative estimate of drug-likeness (QED) is 0.739. The Hall–Kier alpha value is -3.26. The van der Waals surface area contributed by atoms with Gasteiger partial charge < -0.3 is 5.32 Å². The van der Waals surface area contributed by atoms with Crippen LogP contribution in [0.4, 0.5) is 11.6 Å². The van der Waals surface area contributed by atoms with Gasteiger partial charge in [0.25, 0.3) is 0 Å². The van der Waals surface area contributed by atoms with Crippen LogP contribution in [0.2, 0.25) is 5.02 Å². The summed E-state index contributed by atoms with van der Waals surface area (Å²) < 4.78 is 1.41. The fourth-order valence-electron chi connectivity index (χ4n) is 2.66. The average Bonchev–Trinajstić information content (AvgIpc) is 3.07. The van der Waals surface area contributed by atoms with Gasteiger partial charge in [-0.3, -0.25) is 19.9 Å². The van der Waals surface area contributed by atoms with Crippen molar-refractivity contribution in [1.29, 1.82) is 0 Å². The van der Waals surface area contributed by atoms with E-state index >= 15 is 0 Å². The van der Waals surface area contributed by atoms with Crippen molar-refractivity contribution in [1.82, 2.24) is 19.7 Å². The maximum atomic E-state index is 12.7. The molecule has 3 aromatic rings. The van der Waals surface area contributed by atoms with Crippen molar-refractivity contribution in [2.24, 2.45) is 0 Å². The summed E-state index contributed by atoms with van der Waals surface area (Å²) >= 11 is 6.08. The number of pyridine rings is 1. The summed E-state index contributed by atoms with van der Waals surface area (Å²) in [5.41, 5.74) is 1.16. The fraction of sp³-hybridized carbons (Fsp3) is 0.118. The molecule has 2 aromatic heterocycles. The molecule has 0 saturated heterocycles. The van der Waals surface area contributed by atoms with E-state index in [1.165, 1.54) is 4.68 Å². The molecule has 1 aliphatic heterocycles. The first-order valence-corrected chi connectivity index (χ1v) is 8.22. The van der Waals surface area contributed by atoms with Crippen LogP contribution in [0.5, 0.6) is 0 Å². The van der Waals surface area contributed by atoms with Gasteiger partial charge in [0.15, 0.2) is 5.82 Å². The molecule has 1 atom stereocenters. The molecule has 0 aliphatic carbocycles. The molecule has 130 valence electrons. The van der Waals surface area contributed by atoms with Crippen molar-refractivity contribution >= 4 is 35.1 Å². The lowest BCUT2D eigenvalue weighted by Gasteiger charge is -2.22. The lowest BCUT2D eigenvalue weighted by atomic mass is 10.1. The number of fused-ring (bicyclic) bond motifs is 1. The first-order chi connectivity index (χ1) is 12.6. The zero-order valence-corrected chi connectivity index (χ0v) is 14.1. The van der Waals surface area contributed by atoms with Crippen LogP contribution in [-0.4, -0.2) is 31.6 Å². The summed E-state index contributed by atoms with van der Waals surface area (Å²) in [5, 5.41) is 10.2. The highest BCUT2D eigenvalue weighted by Crippen LogP contribution is 2.28. The molecule has 1 unspecified atom stereocenters. The van der Waals surface area contributed by atoms with Gasteiger partial charge in [-0.05, 0) is 24.3 Å². The third kappa shape index (κ3) is 3.02. The van der Waals surface area contributed by atoms with Gasteiger partial charge in [0.05, 0.1) is 17.1 Å². The van der Waals surface area contributed by atoms with Crippen LogP contribution in [0.3, 0.4) is 0 Å². The second-order valence-corrected chi connectivity index (χ2v) is 6.09. The van der Waals surface area contributed by atoms with Crippen molar-refractivity contribution < 1.29 is 9.59 Å². The van der Waals surface area contributed by atoms with Gasteiger partial charge in [0.1, 0.15) is 6.04 Å². The minimum atomic E-state index is -0.826. The van der Waals surface area contributed by atoms with Crippen LogP contribution >= 0.6 is 11.6 Å². The van der Waals surface area contributed by atoms with E-state index < -0.39 is 11.9 Å². The summed E-state index contributed by atoms with van der Waals surface area (Å²) in [4.78, 5) is 33.1. The minimum absolute atomic E-state index is 0.0425. The SMILES string of the molecule is O=C1CC(C(=O)Nc2ccccc2Cl)n2nc(-c3cccnc3)nc2N1. The van der Waals surface area contributed by atoms with Crippen molar-refractivity contribution in [2.75, 3.05) is 10.6 Å². The van der Waals surface area contributed by atoms with E-state index in [2.05, 4.69) is 25.7 Å². The van der Waals surface area contributed by atoms with Gasteiger partial charge in [-0.1, -0.05) is 23.7 Å². The second kappa shape index (κ2) is 6.57. The molecule has 8 nitrogen and oxygen atoms in total. The van der Waals surface area contributed by atoms with Gasteiger partial charge in [-0.15, -0.1) is 5.10 Å². The zero-order valence-electron chi connectivity index (χ0n) is 13.4. The largest absolute Gasteiger partial charge is 0.323 e. The molecular weight excluding hydrogens is 356 g/mol. The Labute approximate surface area is 153 Å². The number of rotatable bonds is 3. The monoisotopic (exact) mass is 368 g/mol. The lowest BCUT2D eigenvalue weighted by Crippen LogP contribution is -2.36. The van der Waals surface area contributed by atoms with Crippen LogP contribution in [0.1, 0.15) is 12.5 Å². The molecule has 2 amide bonds. The zero-order chi connectivity index (χ0) is 18.1. The topological polar surface area (TPSA) is 102 Å². The molecule has 3 heterocycles. The van der Waals surface area contributed by atoms with E-state index in [0.29, 0.717) is 22.1 Å². The summed E-state index contributed by atoms with van der Waals surface area (Å²) in [5.74, 6) is -0.0935. The summed E-state index contributed by atoms with van der Waals surface area (Å²) in [6.07, 6.45) is 3.21. The van der Waals surface area contributed by atoms with Crippen molar-refractivity contribution in [2.45, 2.75) is 12.5 Å². The Morgan fingerprint density at radius 1 is 1.27 bits per heavy atom. The van der Waals surface area contributed by atoms with Crippen molar-refractivity contribution in [3.8, 4) is 11.4 Å². The van der Waals surface area contributed by atoms with E-state index in [0.717, 1.165) is 0 Å². The van der Waals surface area contributed by atoms with Gasteiger partial charge in [-0.2, -0.15) is 4.98 Å². The first kappa shape index (κ1) is 16.2. The smallest absolute Gasteiger partial charge is 0.249 e. The van der Waals surface area contributed by atoms with E-state index in [-0.39, 0.29) is 18.3 Å². The van der Waals surface area contributed by atoms with Gasteiger partial charge in [-0.25, -0.2) is 4.68 Å². The molecular formula is C17H13ClN6O2. The van der Waals surface area contributed by atoms with E-state index in [9.17, 15) is 9.59 Å². The van der Waals surface area contributed by atoms with Crippen LogP contribution in [0, 0.1) is 0 Å². The molecule has 1 aromatic carbocycles. The number of halogens is 1. The third-order valence-electron chi connectivity index (χ3n) is 3.91. The van der Waals surface area contributed by atoms with Crippen molar-refractivity contribution in [3.63, 3.8) is 0 Å². The molecule has 0 fully saturated rings. The normalized spacial score (nSPS) is 15.9. The van der Waals surface area contributed by atoms with E-state index in [1.54, 1.807) is 48.8 Å². The number of hydrogen-bond acceptors (Lipinski definition) is 5. The molecule has 4 rings (SSSR count). The Morgan fingerprint density at radius 3 is 2.88 bits per heavy atom. The number of nitrogens with zero attached hydrogens (tertiary/aromatic N) is 4. The van der Waals surface area contributed by atoms with Gasteiger partial charge in [0, 0.05) is 18.0 Å². The molecule has 9 heteroatoms.